The fraction of sp³-hybridized carbons (Fsp3) is 0.0667. The molecule has 1 heterocycles. The standard InChI is InChI=1S/C15H10ClFN2O/c1-8-4-9(6-10(17)5-8)15-18-13-3-2-11(20)7-12(13)14(16)19-15/h2-7,20H,1H3. The molecule has 20 heavy (non-hydrogen) atoms. The van der Waals surface area contributed by atoms with Crippen molar-refractivity contribution in [3.05, 3.63) is 52.9 Å². The van der Waals surface area contributed by atoms with Crippen molar-refractivity contribution >= 4 is 22.5 Å². The highest BCUT2D eigenvalue weighted by molar-refractivity contribution is 6.34. The molecule has 0 aliphatic rings. The number of fused-ring (bicyclic) bond motifs is 1. The van der Waals surface area contributed by atoms with Gasteiger partial charge in [-0.15, -0.1) is 0 Å². The van der Waals surface area contributed by atoms with Crippen LogP contribution in [0.25, 0.3) is 22.3 Å². The van der Waals surface area contributed by atoms with Crippen molar-refractivity contribution in [3.63, 3.8) is 0 Å². The molecule has 3 nitrogen and oxygen atoms in total. The summed E-state index contributed by atoms with van der Waals surface area (Å²) in [7, 11) is 0. The summed E-state index contributed by atoms with van der Waals surface area (Å²) in [5.74, 6) is 0.110. The topological polar surface area (TPSA) is 46.0 Å². The lowest BCUT2D eigenvalue weighted by molar-refractivity contribution is 0.476. The van der Waals surface area contributed by atoms with Gasteiger partial charge in [0.1, 0.15) is 16.7 Å². The minimum atomic E-state index is -0.342. The van der Waals surface area contributed by atoms with E-state index in [1.807, 2.05) is 0 Å². The van der Waals surface area contributed by atoms with Crippen molar-refractivity contribution in [2.45, 2.75) is 6.92 Å². The van der Waals surface area contributed by atoms with Gasteiger partial charge in [0, 0.05) is 10.9 Å². The molecule has 3 aromatic rings. The molecule has 0 unspecified atom stereocenters. The Labute approximate surface area is 119 Å². The third kappa shape index (κ3) is 2.30. The van der Waals surface area contributed by atoms with Crippen molar-refractivity contribution in [1.82, 2.24) is 9.97 Å². The smallest absolute Gasteiger partial charge is 0.161 e. The van der Waals surface area contributed by atoms with Crippen molar-refractivity contribution in [2.75, 3.05) is 0 Å². The lowest BCUT2D eigenvalue weighted by atomic mass is 10.1. The van der Waals surface area contributed by atoms with Gasteiger partial charge in [-0.3, -0.25) is 0 Å². The summed E-state index contributed by atoms with van der Waals surface area (Å²) in [6.07, 6.45) is 0. The predicted molar refractivity (Wildman–Crippen MR) is 76.3 cm³/mol. The normalized spacial score (nSPS) is 10.9. The predicted octanol–water partition coefficient (Wildman–Crippen LogP) is 4.10. The second kappa shape index (κ2) is 4.72. The number of phenols is 1. The summed E-state index contributed by atoms with van der Waals surface area (Å²) in [5, 5.41) is 10.2. The maximum Gasteiger partial charge on any atom is 0.161 e. The number of aromatic nitrogens is 2. The first kappa shape index (κ1) is 12.8. The third-order valence-electron chi connectivity index (χ3n) is 2.93. The first-order chi connectivity index (χ1) is 9.52. The van der Waals surface area contributed by atoms with Crippen LogP contribution < -0.4 is 0 Å². The van der Waals surface area contributed by atoms with Crippen LogP contribution in [-0.4, -0.2) is 15.1 Å². The third-order valence-corrected chi connectivity index (χ3v) is 3.22. The van der Waals surface area contributed by atoms with E-state index in [0.29, 0.717) is 22.3 Å². The maximum absolute atomic E-state index is 13.5. The lowest BCUT2D eigenvalue weighted by Gasteiger charge is -2.06. The van der Waals surface area contributed by atoms with Crippen LogP contribution >= 0.6 is 11.6 Å². The van der Waals surface area contributed by atoms with E-state index in [2.05, 4.69) is 9.97 Å². The average Bonchev–Trinajstić information content (AvgIpc) is 2.38. The number of phenolic OH excluding ortho intramolecular Hbond substituents is 1. The summed E-state index contributed by atoms with van der Waals surface area (Å²) in [4.78, 5) is 8.53. The van der Waals surface area contributed by atoms with Crippen LogP contribution in [0.5, 0.6) is 5.75 Å². The molecule has 0 spiro atoms. The summed E-state index contributed by atoms with van der Waals surface area (Å²) in [6.45, 7) is 1.80. The van der Waals surface area contributed by atoms with Gasteiger partial charge in [-0.2, -0.15) is 0 Å². The molecule has 0 fully saturated rings. The quantitative estimate of drug-likeness (QED) is 0.686. The maximum atomic E-state index is 13.5. The van der Waals surface area contributed by atoms with Crippen molar-refractivity contribution in [3.8, 4) is 17.1 Å². The van der Waals surface area contributed by atoms with Crippen LogP contribution in [0.15, 0.2) is 36.4 Å². The molecule has 3 rings (SSSR count). The van der Waals surface area contributed by atoms with Crippen molar-refractivity contribution in [2.24, 2.45) is 0 Å². The van der Waals surface area contributed by atoms with Gasteiger partial charge >= 0.3 is 0 Å². The molecular weight excluding hydrogens is 279 g/mol. The fourth-order valence-corrected chi connectivity index (χ4v) is 2.31. The number of hydrogen-bond donors (Lipinski definition) is 1. The van der Waals surface area contributed by atoms with E-state index >= 15 is 0 Å². The van der Waals surface area contributed by atoms with Crippen LogP contribution in [-0.2, 0) is 0 Å². The van der Waals surface area contributed by atoms with Crippen molar-refractivity contribution < 1.29 is 9.50 Å². The Balaban J connectivity index is 2.24. The SMILES string of the molecule is Cc1cc(F)cc(-c2nc(Cl)c3cc(O)ccc3n2)c1. The number of halogens is 2. The van der Waals surface area contributed by atoms with Gasteiger partial charge in [-0.05, 0) is 48.9 Å². The second-order valence-electron chi connectivity index (χ2n) is 4.56. The molecule has 1 N–H and O–H groups in total. The van der Waals surface area contributed by atoms with Crippen LogP contribution in [0.4, 0.5) is 4.39 Å². The minimum Gasteiger partial charge on any atom is -0.508 e. The lowest BCUT2D eigenvalue weighted by Crippen LogP contribution is -1.93. The molecule has 0 aliphatic heterocycles. The average molecular weight is 289 g/mol. The van der Waals surface area contributed by atoms with E-state index in [1.54, 1.807) is 19.1 Å². The fourth-order valence-electron chi connectivity index (χ4n) is 2.07. The largest absolute Gasteiger partial charge is 0.508 e. The summed E-state index contributed by atoms with van der Waals surface area (Å²) < 4.78 is 13.5. The second-order valence-corrected chi connectivity index (χ2v) is 4.91. The van der Waals surface area contributed by atoms with Gasteiger partial charge in [0.15, 0.2) is 5.82 Å². The zero-order chi connectivity index (χ0) is 14.3. The molecule has 0 bridgehead atoms. The minimum absolute atomic E-state index is 0.0948. The molecule has 0 radical (unpaired) electrons. The molecule has 1 aromatic heterocycles. The van der Waals surface area contributed by atoms with Gasteiger partial charge < -0.3 is 5.11 Å². The van der Waals surface area contributed by atoms with Gasteiger partial charge in [0.05, 0.1) is 5.52 Å². The number of benzene rings is 2. The molecule has 0 amide bonds. The first-order valence-electron chi connectivity index (χ1n) is 5.97. The number of aromatic hydroxyl groups is 1. The number of rotatable bonds is 1. The molecule has 0 saturated heterocycles. The molecule has 0 aliphatic carbocycles. The highest BCUT2D eigenvalue weighted by atomic mass is 35.5. The van der Waals surface area contributed by atoms with E-state index in [4.69, 9.17) is 11.6 Å². The Morgan fingerprint density at radius 2 is 1.90 bits per heavy atom. The highest BCUT2D eigenvalue weighted by Gasteiger charge is 2.10. The molecule has 0 atom stereocenters. The zero-order valence-electron chi connectivity index (χ0n) is 10.6. The molecular formula is C15H10ClFN2O. The van der Waals surface area contributed by atoms with Gasteiger partial charge in [0.2, 0.25) is 0 Å². The van der Waals surface area contributed by atoms with E-state index in [9.17, 15) is 9.50 Å². The van der Waals surface area contributed by atoms with E-state index in [1.165, 1.54) is 24.3 Å². The van der Waals surface area contributed by atoms with Gasteiger partial charge in [0.25, 0.3) is 0 Å². The number of hydrogen-bond acceptors (Lipinski definition) is 3. The summed E-state index contributed by atoms with van der Waals surface area (Å²) >= 11 is 6.11. The Kier molecular flexibility index (Phi) is 3.03. The summed E-state index contributed by atoms with van der Waals surface area (Å²) in [5.41, 5.74) is 1.95. The first-order valence-corrected chi connectivity index (χ1v) is 6.34. The zero-order valence-corrected chi connectivity index (χ0v) is 11.3. The van der Waals surface area contributed by atoms with Crippen molar-refractivity contribution in [1.29, 1.82) is 0 Å². The van der Waals surface area contributed by atoms with Gasteiger partial charge in [-0.25, -0.2) is 14.4 Å². The Morgan fingerprint density at radius 3 is 2.65 bits per heavy atom. The van der Waals surface area contributed by atoms with Crippen LogP contribution in [0.3, 0.4) is 0 Å². The van der Waals surface area contributed by atoms with E-state index < -0.39 is 0 Å². The van der Waals surface area contributed by atoms with Crippen LogP contribution in [0.2, 0.25) is 5.15 Å². The van der Waals surface area contributed by atoms with Crippen LogP contribution in [0.1, 0.15) is 5.56 Å². The highest BCUT2D eigenvalue weighted by Crippen LogP contribution is 2.28. The molecule has 2 aromatic carbocycles. The molecule has 5 heteroatoms. The van der Waals surface area contributed by atoms with E-state index in [-0.39, 0.29) is 16.7 Å². The molecule has 0 saturated carbocycles. The molecule has 100 valence electrons. The Morgan fingerprint density at radius 1 is 1.10 bits per heavy atom. The monoisotopic (exact) mass is 288 g/mol. The summed E-state index contributed by atoms with van der Waals surface area (Å²) in [6, 6.07) is 9.26. The van der Waals surface area contributed by atoms with Crippen LogP contribution in [0, 0.1) is 12.7 Å². The number of aryl methyl sites for hydroxylation is 1. The Bertz CT molecular complexity index is 800. The van der Waals surface area contributed by atoms with Gasteiger partial charge in [-0.1, -0.05) is 11.6 Å². The van der Waals surface area contributed by atoms with E-state index in [0.717, 1.165) is 5.56 Å². The Hall–Kier alpha value is -2.20. The number of nitrogens with zero attached hydrogens (tertiary/aromatic N) is 2.